The van der Waals surface area contributed by atoms with E-state index in [9.17, 15) is 13.6 Å². The molecule has 0 aromatic heterocycles. The summed E-state index contributed by atoms with van der Waals surface area (Å²) in [4.78, 5) is 14.5. The van der Waals surface area contributed by atoms with Crippen molar-refractivity contribution in [2.75, 3.05) is 26.2 Å². The fourth-order valence-electron chi connectivity index (χ4n) is 3.77. The number of carbonyl (C=O) groups is 1. The van der Waals surface area contributed by atoms with Crippen molar-refractivity contribution in [2.45, 2.75) is 44.9 Å². The molecule has 0 aliphatic carbocycles. The van der Waals surface area contributed by atoms with Gasteiger partial charge in [0.2, 0.25) is 5.91 Å². The van der Waals surface area contributed by atoms with Crippen LogP contribution in [0.25, 0.3) is 0 Å². The average molecular weight is 404 g/mol. The monoisotopic (exact) mass is 403 g/mol. The molecule has 5 nitrogen and oxygen atoms in total. The lowest BCUT2D eigenvalue weighted by molar-refractivity contribution is -0.123. The number of hydrogen-bond acceptors (Lipinski definition) is 4. The van der Waals surface area contributed by atoms with Crippen LogP contribution < -0.4 is 15.4 Å². The predicted octanol–water partition coefficient (Wildman–Crippen LogP) is 2.79. The zero-order valence-corrected chi connectivity index (χ0v) is 16.1. The van der Waals surface area contributed by atoms with Gasteiger partial charge in [-0.2, -0.15) is 8.78 Å². The van der Waals surface area contributed by atoms with Gasteiger partial charge in [0, 0.05) is 19.6 Å². The van der Waals surface area contributed by atoms with Gasteiger partial charge in [-0.1, -0.05) is 12.1 Å². The van der Waals surface area contributed by atoms with Gasteiger partial charge in [-0.15, -0.1) is 12.4 Å². The summed E-state index contributed by atoms with van der Waals surface area (Å²) in [5, 5.41) is 6.31. The zero-order valence-electron chi connectivity index (χ0n) is 15.3. The molecule has 2 N–H and O–H groups in total. The number of rotatable bonds is 7. The maximum atomic E-state index is 12.2. The van der Waals surface area contributed by atoms with Crippen molar-refractivity contribution < 1.29 is 18.3 Å². The maximum absolute atomic E-state index is 12.2. The number of benzene rings is 1. The van der Waals surface area contributed by atoms with Gasteiger partial charge < -0.3 is 15.4 Å². The first-order chi connectivity index (χ1) is 12.6. The lowest BCUT2D eigenvalue weighted by Crippen LogP contribution is -2.45. The number of halogens is 3. The molecule has 2 atom stereocenters. The fraction of sp³-hybridized carbons (Fsp3) is 0.632. The molecule has 27 heavy (non-hydrogen) atoms. The van der Waals surface area contributed by atoms with E-state index in [2.05, 4.69) is 20.3 Å². The SMILES string of the molecule is Cl.O=C(NCC1CCCN(Cc2ccc(OC(F)F)cc2)C1)C1CCCN1. The van der Waals surface area contributed by atoms with Crippen LogP contribution >= 0.6 is 12.4 Å². The Morgan fingerprint density at radius 3 is 2.70 bits per heavy atom. The van der Waals surface area contributed by atoms with Crippen LogP contribution in [0.5, 0.6) is 5.75 Å². The third kappa shape index (κ3) is 6.90. The molecule has 2 saturated heterocycles. The summed E-state index contributed by atoms with van der Waals surface area (Å²) in [6.45, 7) is 1.59. The summed E-state index contributed by atoms with van der Waals surface area (Å²) in [5.41, 5.74) is 1.08. The summed E-state index contributed by atoms with van der Waals surface area (Å²) in [5.74, 6) is 0.758. The minimum absolute atomic E-state index is 0. The van der Waals surface area contributed by atoms with E-state index in [0.29, 0.717) is 12.5 Å². The molecule has 8 heteroatoms. The number of hydrogen-bond donors (Lipinski definition) is 2. The number of nitrogens with zero attached hydrogens (tertiary/aromatic N) is 1. The molecule has 1 aromatic rings. The van der Waals surface area contributed by atoms with Crippen molar-refractivity contribution in [3.8, 4) is 5.75 Å². The molecule has 2 aliphatic heterocycles. The lowest BCUT2D eigenvalue weighted by atomic mass is 9.97. The Hall–Kier alpha value is -1.44. The number of amides is 1. The van der Waals surface area contributed by atoms with Gasteiger partial charge >= 0.3 is 6.61 Å². The van der Waals surface area contributed by atoms with E-state index >= 15 is 0 Å². The maximum Gasteiger partial charge on any atom is 0.387 e. The normalized spacial score (nSPS) is 23.1. The quantitative estimate of drug-likeness (QED) is 0.735. The highest BCUT2D eigenvalue weighted by Gasteiger charge is 2.24. The smallest absolute Gasteiger partial charge is 0.387 e. The summed E-state index contributed by atoms with van der Waals surface area (Å²) >= 11 is 0. The molecule has 2 aliphatic rings. The van der Waals surface area contributed by atoms with Crippen LogP contribution in [0.2, 0.25) is 0 Å². The van der Waals surface area contributed by atoms with Crippen molar-refractivity contribution in [1.82, 2.24) is 15.5 Å². The molecule has 0 spiro atoms. The number of likely N-dealkylation sites (tertiary alicyclic amines) is 1. The second-order valence-electron chi connectivity index (χ2n) is 7.16. The standard InChI is InChI=1S/C19H27F2N3O2.ClH/c20-19(21)26-16-7-5-14(6-8-16)12-24-10-2-3-15(13-24)11-23-18(25)17-4-1-9-22-17;/h5-8,15,17,19,22H,1-4,9-13H2,(H,23,25);1H. The van der Waals surface area contributed by atoms with Crippen LogP contribution in [0, 0.1) is 5.92 Å². The van der Waals surface area contributed by atoms with E-state index in [1.165, 1.54) is 0 Å². The van der Waals surface area contributed by atoms with Crippen molar-refractivity contribution in [3.05, 3.63) is 29.8 Å². The zero-order chi connectivity index (χ0) is 18.4. The Balaban J connectivity index is 0.00000261. The molecule has 0 saturated carbocycles. The summed E-state index contributed by atoms with van der Waals surface area (Å²) < 4.78 is 28.8. The first-order valence-electron chi connectivity index (χ1n) is 9.37. The van der Waals surface area contributed by atoms with Crippen LogP contribution in [-0.4, -0.2) is 49.6 Å². The second-order valence-corrected chi connectivity index (χ2v) is 7.16. The second kappa shape index (κ2) is 10.8. The summed E-state index contributed by atoms with van der Waals surface area (Å²) in [7, 11) is 0. The van der Waals surface area contributed by atoms with Crippen LogP contribution in [0.4, 0.5) is 8.78 Å². The van der Waals surface area contributed by atoms with Gasteiger partial charge in [-0.05, 0) is 62.4 Å². The molecule has 2 unspecified atom stereocenters. The summed E-state index contributed by atoms with van der Waals surface area (Å²) in [6, 6.07) is 6.79. The fourth-order valence-corrected chi connectivity index (χ4v) is 3.77. The molecular weight excluding hydrogens is 376 g/mol. The highest BCUT2D eigenvalue weighted by atomic mass is 35.5. The van der Waals surface area contributed by atoms with Gasteiger partial charge in [-0.3, -0.25) is 9.69 Å². The molecule has 2 heterocycles. The molecule has 2 fully saturated rings. The number of ether oxygens (including phenoxy) is 1. The van der Waals surface area contributed by atoms with Crippen LogP contribution in [0.3, 0.4) is 0 Å². The Kier molecular flexibility index (Phi) is 8.73. The number of nitrogens with one attached hydrogen (secondary N) is 2. The van der Waals surface area contributed by atoms with Crippen LogP contribution in [-0.2, 0) is 11.3 Å². The minimum atomic E-state index is -2.79. The van der Waals surface area contributed by atoms with E-state index in [1.807, 2.05) is 12.1 Å². The first kappa shape index (κ1) is 21.9. The van der Waals surface area contributed by atoms with Crippen molar-refractivity contribution in [3.63, 3.8) is 0 Å². The number of alkyl halides is 2. The molecule has 152 valence electrons. The van der Waals surface area contributed by atoms with Crippen molar-refractivity contribution in [1.29, 1.82) is 0 Å². The molecule has 3 rings (SSSR count). The largest absolute Gasteiger partial charge is 0.435 e. The Bertz CT molecular complexity index is 583. The van der Waals surface area contributed by atoms with E-state index < -0.39 is 6.61 Å². The lowest BCUT2D eigenvalue weighted by Gasteiger charge is -2.33. The van der Waals surface area contributed by atoms with Crippen molar-refractivity contribution in [2.24, 2.45) is 5.92 Å². The molecular formula is C19H28ClF2N3O2. The third-order valence-electron chi connectivity index (χ3n) is 5.10. The van der Waals surface area contributed by atoms with Crippen LogP contribution in [0.1, 0.15) is 31.2 Å². The van der Waals surface area contributed by atoms with E-state index in [0.717, 1.165) is 57.4 Å². The Morgan fingerprint density at radius 2 is 2.04 bits per heavy atom. The number of piperidine rings is 1. The highest BCUT2D eigenvalue weighted by molar-refractivity contribution is 5.85. The summed E-state index contributed by atoms with van der Waals surface area (Å²) in [6.07, 6.45) is 4.22. The molecule has 0 bridgehead atoms. The Morgan fingerprint density at radius 1 is 1.26 bits per heavy atom. The first-order valence-corrected chi connectivity index (χ1v) is 9.37. The molecule has 0 radical (unpaired) electrons. The average Bonchev–Trinajstić information content (AvgIpc) is 3.16. The van der Waals surface area contributed by atoms with Gasteiger partial charge in [0.05, 0.1) is 6.04 Å². The van der Waals surface area contributed by atoms with Gasteiger partial charge in [0.25, 0.3) is 0 Å². The predicted molar refractivity (Wildman–Crippen MR) is 102 cm³/mol. The molecule has 1 amide bonds. The highest BCUT2D eigenvalue weighted by Crippen LogP contribution is 2.20. The Labute approximate surface area is 165 Å². The van der Waals surface area contributed by atoms with E-state index in [-0.39, 0.29) is 30.1 Å². The van der Waals surface area contributed by atoms with Crippen molar-refractivity contribution >= 4 is 18.3 Å². The number of carbonyl (C=O) groups excluding carboxylic acids is 1. The topological polar surface area (TPSA) is 53.6 Å². The van der Waals surface area contributed by atoms with Gasteiger partial charge in [0.1, 0.15) is 5.75 Å². The van der Waals surface area contributed by atoms with E-state index in [4.69, 9.17) is 0 Å². The van der Waals surface area contributed by atoms with E-state index in [1.54, 1.807) is 12.1 Å². The van der Waals surface area contributed by atoms with Crippen LogP contribution in [0.15, 0.2) is 24.3 Å². The van der Waals surface area contributed by atoms with Gasteiger partial charge in [0.15, 0.2) is 0 Å². The molecule has 1 aromatic carbocycles. The third-order valence-corrected chi connectivity index (χ3v) is 5.10. The minimum Gasteiger partial charge on any atom is -0.435 e. The van der Waals surface area contributed by atoms with Gasteiger partial charge in [-0.25, -0.2) is 0 Å².